The summed E-state index contributed by atoms with van der Waals surface area (Å²) in [5, 5.41) is 8.55. The van der Waals surface area contributed by atoms with Crippen LogP contribution in [-0.4, -0.2) is 30.1 Å². The smallest absolute Gasteiger partial charge is 0.303 e. The molecule has 0 spiro atoms. The van der Waals surface area contributed by atoms with E-state index in [0.29, 0.717) is 18.9 Å². The lowest BCUT2D eigenvalue weighted by Gasteiger charge is -2.17. The zero-order chi connectivity index (χ0) is 10.7. The van der Waals surface area contributed by atoms with E-state index in [1.54, 1.807) is 0 Å². The SMILES string of the molecule is O=C(O)CCC1COC(C2CCCC2)O1. The number of aliphatic carboxylic acids is 1. The van der Waals surface area contributed by atoms with Crippen LogP contribution < -0.4 is 0 Å². The summed E-state index contributed by atoms with van der Waals surface area (Å²) in [5.41, 5.74) is 0. The first kappa shape index (κ1) is 10.9. The largest absolute Gasteiger partial charge is 0.481 e. The summed E-state index contributed by atoms with van der Waals surface area (Å²) < 4.78 is 11.3. The first-order valence-corrected chi connectivity index (χ1v) is 5.74. The van der Waals surface area contributed by atoms with Crippen molar-refractivity contribution in [1.82, 2.24) is 0 Å². The van der Waals surface area contributed by atoms with E-state index in [9.17, 15) is 4.79 Å². The van der Waals surface area contributed by atoms with E-state index in [4.69, 9.17) is 14.6 Å². The zero-order valence-electron chi connectivity index (χ0n) is 8.85. The van der Waals surface area contributed by atoms with E-state index in [1.165, 1.54) is 25.7 Å². The molecule has 0 radical (unpaired) electrons. The molecule has 2 fully saturated rings. The summed E-state index contributed by atoms with van der Waals surface area (Å²) in [5.74, 6) is -0.220. The molecule has 2 aliphatic rings. The van der Waals surface area contributed by atoms with Gasteiger partial charge in [-0.15, -0.1) is 0 Å². The lowest BCUT2D eigenvalue weighted by atomic mass is 10.1. The molecular formula is C11H18O4. The highest BCUT2D eigenvalue weighted by Gasteiger charge is 2.33. The molecule has 86 valence electrons. The Morgan fingerprint density at radius 1 is 1.33 bits per heavy atom. The van der Waals surface area contributed by atoms with Crippen LogP contribution in [-0.2, 0) is 14.3 Å². The van der Waals surface area contributed by atoms with Crippen molar-refractivity contribution in [1.29, 1.82) is 0 Å². The molecule has 1 saturated carbocycles. The van der Waals surface area contributed by atoms with Gasteiger partial charge >= 0.3 is 5.97 Å². The van der Waals surface area contributed by atoms with Crippen LogP contribution in [0.3, 0.4) is 0 Å². The van der Waals surface area contributed by atoms with Gasteiger partial charge in [0.2, 0.25) is 0 Å². The van der Waals surface area contributed by atoms with Crippen LogP contribution >= 0.6 is 0 Å². The Bertz CT molecular complexity index is 223. The number of carboxylic acid groups (broad SMARTS) is 1. The maximum Gasteiger partial charge on any atom is 0.303 e. The minimum Gasteiger partial charge on any atom is -0.481 e. The Morgan fingerprint density at radius 3 is 2.73 bits per heavy atom. The van der Waals surface area contributed by atoms with Gasteiger partial charge in [-0.25, -0.2) is 0 Å². The second-order valence-electron chi connectivity index (χ2n) is 4.44. The van der Waals surface area contributed by atoms with Crippen LogP contribution in [0.1, 0.15) is 38.5 Å². The van der Waals surface area contributed by atoms with Gasteiger partial charge in [-0.2, -0.15) is 0 Å². The quantitative estimate of drug-likeness (QED) is 0.775. The summed E-state index contributed by atoms with van der Waals surface area (Å²) >= 11 is 0. The molecule has 1 aliphatic carbocycles. The average Bonchev–Trinajstić information content (AvgIpc) is 2.85. The fourth-order valence-electron chi connectivity index (χ4n) is 2.38. The fourth-order valence-corrected chi connectivity index (χ4v) is 2.38. The molecule has 4 heteroatoms. The first-order valence-electron chi connectivity index (χ1n) is 5.74. The summed E-state index contributed by atoms with van der Waals surface area (Å²) in [4.78, 5) is 10.4. The average molecular weight is 214 g/mol. The van der Waals surface area contributed by atoms with Crippen molar-refractivity contribution in [3.63, 3.8) is 0 Å². The zero-order valence-corrected chi connectivity index (χ0v) is 8.85. The number of carbonyl (C=O) groups is 1. The van der Waals surface area contributed by atoms with Gasteiger partial charge in [-0.1, -0.05) is 12.8 Å². The molecule has 2 atom stereocenters. The highest BCUT2D eigenvalue weighted by molar-refractivity contribution is 5.66. The van der Waals surface area contributed by atoms with E-state index in [0.717, 1.165) is 0 Å². The van der Waals surface area contributed by atoms with Gasteiger partial charge in [0.15, 0.2) is 6.29 Å². The molecule has 0 amide bonds. The second-order valence-corrected chi connectivity index (χ2v) is 4.44. The van der Waals surface area contributed by atoms with E-state index in [1.807, 2.05) is 0 Å². The van der Waals surface area contributed by atoms with E-state index >= 15 is 0 Å². The Labute approximate surface area is 89.6 Å². The topological polar surface area (TPSA) is 55.8 Å². The Hall–Kier alpha value is -0.610. The second kappa shape index (κ2) is 4.94. The van der Waals surface area contributed by atoms with Gasteiger partial charge in [0.05, 0.1) is 12.7 Å². The minimum absolute atomic E-state index is 0.00769. The van der Waals surface area contributed by atoms with Crippen molar-refractivity contribution in [3.05, 3.63) is 0 Å². The molecule has 1 heterocycles. The number of rotatable bonds is 4. The molecular weight excluding hydrogens is 196 g/mol. The van der Waals surface area contributed by atoms with Gasteiger partial charge in [-0.3, -0.25) is 4.79 Å². The lowest BCUT2D eigenvalue weighted by Crippen LogP contribution is -2.20. The number of carboxylic acids is 1. The van der Waals surface area contributed by atoms with Crippen molar-refractivity contribution >= 4 is 5.97 Å². The predicted octanol–water partition coefficient (Wildman–Crippen LogP) is 1.78. The van der Waals surface area contributed by atoms with Gasteiger partial charge in [0, 0.05) is 12.3 Å². The third-order valence-corrected chi connectivity index (χ3v) is 3.24. The number of ether oxygens (including phenoxy) is 2. The van der Waals surface area contributed by atoms with Crippen LogP contribution in [0, 0.1) is 5.92 Å². The third-order valence-electron chi connectivity index (χ3n) is 3.24. The van der Waals surface area contributed by atoms with Gasteiger partial charge in [0.1, 0.15) is 0 Å². The Balaban J connectivity index is 1.71. The van der Waals surface area contributed by atoms with Crippen molar-refractivity contribution in [2.75, 3.05) is 6.61 Å². The molecule has 4 nitrogen and oxygen atoms in total. The summed E-state index contributed by atoms with van der Waals surface area (Å²) in [6.45, 7) is 0.564. The molecule has 0 aromatic heterocycles. The third kappa shape index (κ3) is 2.92. The molecule has 1 saturated heterocycles. The normalized spacial score (nSPS) is 32.3. The molecule has 0 aromatic rings. The van der Waals surface area contributed by atoms with Gasteiger partial charge < -0.3 is 14.6 Å². The first-order chi connectivity index (χ1) is 7.25. The van der Waals surface area contributed by atoms with Crippen molar-refractivity contribution in [2.45, 2.75) is 50.9 Å². The van der Waals surface area contributed by atoms with Gasteiger partial charge in [0.25, 0.3) is 0 Å². The van der Waals surface area contributed by atoms with E-state index in [-0.39, 0.29) is 18.8 Å². The molecule has 0 aromatic carbocycles. The molecule has 1 N–H and O–H groups in total. The minimum atomic E-state index is -0.761. The Morgan fingerprint density at radius 2 is 2.07 bits per heavy atom. The van der Waals surface area contributed by atoms with Crippen LogP contribution in [0.2, 0.25) is 0 Å². The van der Waals surface area contributed by atoms with E-state index < -0.39 is 5.97 Å². The molecule has 15 heavy (non-hydrogen) atoms. The summed E-state index contributed by atoms with van der Waals surface area (Å²) in [6, 6.07) is 0. The molecule has 0 bridgehead atoms. The highest BCUT2D eigenvalue weighted by Crippen LogP contribution is 2.33. The van der Waals surface area contributed by atoms with Crippen molar-refractivity contribution in [3.8, 4) is 0 Å². The van der Waals surface area contributed by atoms with Gasteiger partial charge in [-0.05, 0) is 19.3 Å². The van der Waals surface area contributed by atoms with Crippen LogP contribution in [0.15, 0.2) is 0 Å². The molecule has 2 unspecified atom stereocenters. The van der Waals surface area contributed by atoms with Crippen LogP contribution in [0.5, 0.6) is 0 Å². The number of hydrogen-bond donors (Lipinski definition) is 1. The van der Waals surface area contributed by atoms with Crippen molar-refractivity contribution < 1.29 is 19.4 Å². The van der Waals surface area contributed by atoms with Crippen LogP contribution in [0.25, 0.3) is 0 Å². The molecule has 2 rings (SSSR count). The number of hydrogen-bond acceptors (Lipinski definition) is 3. The maximum absolute atomic E-state index is 10.4. The highest BCUT2D eigenvalue weighted by atomic mass is 16.7. The lowest BCUT2D eigenvalue weighted by molar-refractivity contribution is -0.138. The standard InChI is InChI=1S/C11H18O4/c12-10(13)6-5-9-7-14-11(15-9)8-3-1-2-4-8/h8-9,11H,1-7H2,(H,12,13). The van der Waals surface area contributed by atoms with Crippen LogP contribution in [0.4, 0.5) is 0 Å². The fraction of sp³-hybridized carbons (Fsp3) is 0.909. The van der Waals surface area contributed by atoms with Crippen molar-refractivity contribution in [2.24, 2.45) is 5.92 Å². The maximum atomic E-state index is 10.4. The monoisotopic (exact) mass is 214 g/mol. The van der Waals surface area contributed by atoms with E-state index in [2.05, 4.69) is 0 Å². The predicted molar refractivity (Wildman–Crippen MR) is 53.4 cm³/mol. The summed E-state index contributed by atoms with van der Waals surface area (Å²) in [7, 11) is 0. The Kier molecular flexibility index (Phi) is 3.59. The summed E-state index contributed by atoms with van der Waals surface area (Å²) in [6.07, 6.45) is 5.59. The molecule has 1 aliphatic heterocycles.